The summed E-state index contributed by atoms with van der Waals surface area (Å²) < 4.78 is 0. The van der Waals surface area contributed by atoms with E-state index in [2.05, 4.69) is 22.8 Å². The summed E-state index contributed by atoms with van der Waals surface area (Å²) in [5.41, 5.74) is -0.295. The number of hydrogen-bond acceptors (Lipinski definition) is 3. The third-order valence-corrected chi connectivity index (χ3v) is 3.26. The molecular formula is C12H23N3. The molecule has 0 aromatic rings. The van der Waals surface area contributed by atoms with Crippen molar-refractivity contribution in [2.75, 3.05) is 32.7 Å². The highest BCUT2D eigenvalue weighted by Crippen LogP contribution is 2.15. The predicted octanol–water partition coefficient (Wildman–Crippen LogP) is 1.71. The van der Waals surface area contributed by atoms with Crippen molar-refractivity contribution in [1.82, 2.24) is 9.80 Å². The van der Waals surface area contributed by atoms with Gasteiger partial charge in [-0.2, -0.15) is 5.26 Å². The minimum Gasteiger partial charge on any atom is -0.301 e. The van der Waals surface area contributed by atoms with Crippen molar-refractivity contribution in [1.29, 1.82) is 5.26 Å². The van der Waals surface area contributed by atoms with Crippen molar-refractivity contribution in [3.63, 3.8) is 0 Å². The first-order chi connectivity index (χ1) is 7.10. The average Bonchev–Trinajstić information content (AvgIpc) is 2.27. The molecule has 0 atom stereocenters. The molecule has 3 heteroatoms. The molecule has 1 saturated heterocycles. The van der Waals surface area contributed by atoms with E-state index in [0.29, 0.717) is 0 Å². The Bertz CT molecular complexity index is 222. The fraction of sp³-hybridized carbons (Fsp3) is 0.917. The third-order valence-electron chi connectivity index (χ3n) is 3.26. The Hall–Kier alpha value is -0.590. The molecule has 1 rings (SSSR count). The molecule has 0 N–H and O–H groups in total. The largest absolute Gasteiger partial charge is 0.301 e. The molecule has 0 unspecified atom stereocenters. The molecule has 0 radical (unpaired) electrons. The van der Waals surface area contributed by atoms with Gasteiger partial charge in [0.15, 0.2) is 0 Å². The fourth-order valence-corrected chi connectivity index (χ4v) is 1.98. The summed E-state index contributed by atoms with van der Waals surface area (Å²) in [5.74, 6) is 0. The Morgan fingerprint density at radius 2 is 1.80 bits per heavy atom. The van der Waals surface area contributed by atoms with E-state index in [-0.39, 0.29) is 5.54 Å². The number of rotatable bonds is 4. The van der Waals surface area contributed by atoms with Gasteiger partial charge in [0.2, 0.25) is 0 Å². The van der Waals surface area contributed by atoms with Gasteiger partial charge in [-0.15, -0.1) is 0 Å². The van der Waals surface area contributed by atoms with E-state index in [1.807, 2.05) is 13.8 Å². The zero-order valence-corrected chi connectivity index (χ0v) is 10.3. The summed E-state index contributed by atoms with van der Waals surface area (Å²) in [7, 11) is 0. The molecule has 0 spiro atoms. The zero-order chi connectivity index (χ0) is 11.3. The van der Waals surface area contributed by atoms with Crippen LogP contribution < -0.4 is 0 Å². The first-order valence-corrected chi connectivity index (χ1v) is 5.99. The van der Waals surface area contributed by atoms with Crippen LogP contribution >= 0.6 is 0 Å². The van der Waals surface area contributed by atoms with Crippen molar-refractivity contribution in [3.8, 4) is 6.07 Å². The molecule has 1 fully saturated rings. The SMILES string of the molecule is CCCCN1CCN(C(C)(C)C#N)CC1. The van der Waals surface area contributed by atoms with Crippen LogP contribution in [0.2, 0.25) is 0 Å². The van der Waals surface area contributed by atoms with E-state index in [4.69, 9.17) is 5.26 Å². The fourth-order valence-electron chi connectivity index (χ4n) is 1.98. The van der Waals surface area contributed by atoms with Crippen LogP contribution in [0.1, 0.15) is 33.6 Å². The summed E-state index contributed by atoms with van der Waals surface area (Å²) in [6.07, 6.45) is 2.56. The third kappa shape index (κ3) is 3.48. The lowest BCUT2D eigenvalue weighted by molar-refractivity contribution is 0.0795. The van der Waals surface area contributed by atoms with Crippen molar-refractivity contribution in [3.05, 3.63) is 0 Å². The van der Waals surface area contributed by atoms with Crippen molar-refractivity contribution in [2.24, 2.45) is 0 Å². The summed E-state index contributed by atoms with van der Waals surface area (Å²) in [5, 5.41) is 9.05. The minimum atomic E-state index is -0.295. The first kappa shape index (κ1) is 12.5. The predicted molar refractivity (Wildman–Crippen MR) is 62.6 cm³/mol. The molecule has 0 aromatic carbocycles. The molecule has 0 amide bonds. The summed E-state index contributed by atoms with van der Waals surface area (Å²) in [6, 6.07) is 2.38. The van der Waals surface area contributed by atoms with Gasteiger partial charge in [-0.25, -0.2) is 0 Å². The van der Waals surface area contributed by atoms with E-state index in [1.54, 1.807) is 0 Å². The van der Waals surface area contributed by atoms with Gasteiger partial charge in [0, 0.05) is 26.2 Å². The summed E-state index contributed by atoms with van der Waals surface area (Å²) in [4.78, 5) is 4.79. The molecule has 3 nitrogen and oxygen atoms in total. The molecule has 1 heterocycles. The van der Waals surface area contributed by atoms with Gasteiger partial charge < -0.3 is 4.90 Å². The summed E-state index contributed by atoms with van der Waals surface area (Å²) in [6.45, 7) is 11.8. The van der Waals surface area contributed by atoms with Crippen LogP contribution in [-0.4, -0.2) is 48.1 Å². The highest BCUT2D eigenvalue weighted by molar-refractivity contribution is 5.02. The van der Waals surface area contributed by atoms with Crippen molar-refractivity contribution in [2.45, 2.75) is 39.2 Å². The van der Waals surface area contributed by atoms with Gasteiger partial charge in [-0.05, 0) is 26.8 Å². The van der Waals surface area contributed by atoms with Crippen LogP contribution in [0.4, 0.5) is 0 Å². The van der Waals surface area contributed by atoms with E-state index < -0.39 is 0 Å². The maximum Gasteiger partial charge on any atom is 0.103 e. The van der Waals surface area contributed by atoms with Gasteiger partial charge in [-0.1, -0.05) is 13.3 Å². The zero-order valence-electron chi connectivity index (χ0n) is 10.3. The van der Waals surface area contributed by atoms with Crippen LogP contribution in [-0.2, 0) is 0 Å². The second-order valence-corrected chi connectivity index (χ2v) is 4.85. The van der Waals surface area contributed by atoms with Gasteiger partial charge in [0.25, 0.3) is 0 Å². The number of unbranched alkanes of at least 4 members (excludes halogenated alkanes) is 1. The number of hydrogen-bond donors (Lipinski definition) is 0. The Kier molecular flexibility index (Phi) is 4.56. The van der Waals surface area contributed by atoms with Crippen LogP contribution in [0, 0.1) is 11.3 Å². The normalized spacial score (nSPS) is 20.1. The van der Waals surface area contributed by atoms with Crippen LogP contribution in [0.25, 0.3) is 0 Å². The van der Waals surface area contributed by atoms with E-state index >= 15 is 0 Å². The number of nitrogens with zero attached hydrogens (tertiary/aromatic N) is 3. The Labute approximate surface area is 93.7 Å². The average molecular weight is 209 g/mol. The lowest BCUT2D eigenvalue weighted by Gasteiger charge is -2.40. The molecule has 0 aromatic heterocycles. The van der Waals surface area contributed by atoms with Gasteiger partial charge in [-0.3, -0.25) is 4.90 Å². The Balaban J connectivity index is 2.33. The quantitative estimate of drug-likeness (QED) is 0.706. The first-order valence-electron chi connectivity index (χ1n) is 5.99. The van der Waals surface area contributed by atoms with Crippen LogP contribution in [0.5, 0.6) is 0 Å². The number of nitriles is 1. The van der Waals surface area contributed by atoms with Gasteiger partial charge >= 0.3 is 0 Å². The highest BCUT2D eigenvalue weighted by atomic mass is 15.3. The van der Waals surface area contributed by atoms with Gasteiger partial charge in [0.05, 0.1) is 6.07 Å². The molecule has 0 saturated carbocycles. The Morgan fingerprint density at radius 1 is 1.20 bits per heavy atom. The molecule has 1 aliphatic rings. The summed E-state index contributed by atoms with van der Waals surface area (Å²) >= 11 is 0. The second kappa shape index (κ2) is 5.48. The number of piperazine rings is 1. The van der Waals surface area contributed by atoms with Gasteiger partial charge in [0.1, 0.15) is 5.54 Å². The van der Waals surface area contributed by atoms with E-state index in [9.17, 15) is 0 Å². The maximum absolute atomic E-state index is 9.05. The Morgan fingerprint density at radius 3 is 2.27 bits per heavy atom. The van der Waals surface area contributed by atoms with E-state index in [1.165, 1.54) is 19.4 Å². The van der Waals surface area contributed by atoms with Crippen LogP contribution in [0.15, 0.2) is 0 Å². The minimum absolute atomic E-state index is 0.295. The standard InChI is InChI=1S/C12H23N3/c1-4-5-6-14-7-9-15(10-8-14)12(2,3)11-13/h4-10H2,1-3H3. The lowest BCUT2D eigenvalue weighted by atomic mass is 10.0. The molecular weight excluding hydrogens is 186 g/mol. The lowest BCUT2D eigenvalue weighted by Crippen LogP contribution is -2.54. The smallest absolute Gasteiger partial charge is 0.103 e. The molecule has 0 aliphatic carbocycles. The highest BCUT2D eigenvalue weighted by Gasteiger charge is 2.29. The molecule has 86 valence electrons. The van der Waals surface area contributed by atoms with Crippen molar-refractivity contribution >= 4 is 0 Å². The van der Waals surface area contributed by atoms with E-state index in [0.717, 1.165) is 26.2 Å². The monoisotopic (exact) mass is 209 g/mol. The van der Waals surface area contributed by atoms with Crippen LogP contribution in [0.3, 0.4) is 0 Å². The topological polar surface area (TPSA) is 30.3 Å². The maximum atomic E-state index is 9.05. The molecule has 15 heavy (non-hydrogen) atoms. The second-order valence-electron chi connectivity index (χ2n) is 4.85. The molecule has 0 bridgehead atoms. The van der Waals surface area contributed by atoms with Crippen molar-refractivity contribution < 1.29 is 0 Å². The molecule has 1 aliphatic heterocycles.